The maximum atomic E-state index is 12.4. The Morgan fingerprint density at radius 1 is 1.28 bits per heavy atom. The van der Waals surface area contributed by atoms with Crippen molar-refractivity contribution >= 4 is 29.8 Å². The van der Waals surface area contributed by atoms with Gasteiger partial charge >= 0.3 is 5.69 Å². The molecule has 10 heteroatoms. The molecule has 1 amide bonds. The minimum atomic E-state index is -0.616. The minimum absolute atomic E-state index is 0. The highest BCUT2D eigenvalue weighted by molar-refractivity contribution is 5.92. The standard InChI is InChI=1S/C19H27N5O4.ClH/c1-13(20)8-9-15(25)22-17-16(21-12-14-6-4-3-5-7-14)18(26)23-19(27)24(17)10-11-28-2;/h3-7,13,21H,8-12,20H2,1-2H3,(H,22,25)(H,23,26,27);1H. The Kier molecular flexibility index (Phi) is 10.1. The van der Waals surface area contributed by atoms with E-state index in [-0.39, 0.29) is 55.4 Å². The fraction of sp³-hybridized carbons (Fsp3) is 0.421. The van der Waals surface area contributed by atoms with Crippen LogP contribution in [0.15, 0.2) is 39.9 Å². The zero-order valence-corrected chi connectivity index (χ0v) is 17.4. The van der Waals surface area contributed by atoms with E-state index in [1.54, 1.807) is 0 Å². The molecule has 2 aromatic rings. The van der Waals surface area contributed by atoms with Gasteiger partial charge in [0, 0.05) is 26.1 Å². The summed E-state index contributed by atoms with van der Waals surface area (Å²) in [5.41, 5.74) is 5.55. The van der Waals surface area contributed by atoms with Crippen molar-refractivity contribution < 1.29 is 9.53 Å². The third-order valence-electron chi connectivity index (χ3n) is 4.12. The van der Waals surface area contributed by atoms with Gasteiger partial charge in [0.15, 0.2) is 0 Å². The number of benzene rings is 1. The number of amides is 1. The second-order valence-electron chi connectivity index (χ2n) is 6.53. The van der Waals surface area contributed by atoms with Crippen LogP contribution in [0.4, 0.5) is 11.5 Å². The lowest BCUT2D eigenvalue weighted by Gasteiger charge is -2.18. The van der Waals surface area contributed by atoms with E-state index in [1.807, 2.05) is 37.3 Å². The summed E-state index contributed by atoms with van der Waals surface area (Å²) < 4.78 is 6.32. The number of nitrogens with two attached hydrogens (primary N) is 1. The van der Waals surface area contributed by atoms with Gasteiger partial charge in [-0.1, -0.05) is 30.3 Å². The molecule has 0 saturated heterocycles. The molecule has 9 nitrogen and oxygen atoms in total. The molecule has 29 heavy (non-hydrogen) atoms. The van der Waals surface area contributed by atoms with E-state index in [0.29, 0.717) is 13.0 Å². The summed E-state index contributed by atoms with van der Waals surface area (Å²) in [6, 6.07) is 9.35. The maximum Gasteiger partial charge on any atom is 0.330 e. The van der Waals surface area contributed by atoms with Crippen molar-refractivity contribution in [2.24, 2.45) is 5.73 Å². The van der Waals surface area contributed by atoms with E-state index in [4.69, 9.17) is 10.5 Å². The topological polar surface area (TPSA) is 131 Å². The number of halogens is 1. The van der Waals surface area contributed by atoms with Crippen LogP contribution in [0.1, 0.15) is 25.3 Å². The zero-order valence-electron chi connectivity index (χ0n) is 16.6. The summed E-state index contributed by atoms with van der Waals surface area (Å²) in [7, 11) is 1.51. The van der Waals surface area contributed by atoms with Gasteiger partial charge < -0.3 is 21.1 Å². The number of H-pyrrole nitrogens is 1. The largest absolute Gasteiger partial charge is 0.383 e. The normalized spacial score (nSPS) is 11.4. The van der Waals surface area contributed by atoms with Crippen LogP contribution >= 0.6 is 12.4 Å². The fourth-order valence-electron chi connectivity index (χ4n) is 2.60. The second kappa shape index (κ2) is 12.1. The van der Waals surface area contributed by atoms with Gasteiger partial charge in [0.2, 0.25) is 5.91 Å². The molecule has 0 aliphatic carbocycles. The van der Waals surface area contributed by atoms with Gasteiger partial charge in [0.05, 0.1) is 13.2 Å². The number of aromatic amines is 1. The predicted octanol–water partition coefficient (Wildman–Crippen LogP) is 1.28. The number of hydrogen-bond donors (Lipinski definition) is 4. The van der Waals surface area contributed by atoms with Crippen molar-refractivity contribution in [3.05, 3.63) is 56.7 Å². The number of rotatable bonds is 10. The molecule has 1 unspecified atom stereocenters. The third kappa shape index (κ3) is 7.37. The van der Waals surface area contributed by atoms with Crippen LogP contribution in [0.5, 0.6) is 0 Å². The van der Waals surface area contributed by atoms with Gasteiger partial charge in [0.25, 0.3) is 5.56 Å². The van der Waals surface area contributed by atoms with Gasteiger partial charge in [0.1, 0.15) is 11.5 Å². The summed E-state index contributed by atoms with van der Waals surface area (Å²) in [5.74, 6) is -0.201. The first-order chi connectivity index (χ1) is 13.4. The Labute approximate surface area is 175 Å². The van der Waals surface area contributed by atoms with Crippen molar-refractivity contribution in [3.8, 4) is 0 Å². The molecule has 0 radical (unpaired) electrons. The lowest BCUT2D eigenvalue weighted by atomic mass is 10.2. The molecule has 0 fully saturated rings. The van der Waals surface area contributed by atoms with Crippen LogP contribution < -0.4 is 27.6 Å². The van der Waals surface area contributed by atoms with Crippen molar-refractivity contribution in [2.45, 2.75) is 38.9 Å². The van der Waals surface area contributed by atoms with E-state index in [9.17, 15) is 14.4 Å². The Balaban J connectivity index is 0.00000420. The number of ether oxygens (including phenoxy) is 1. The number of hydrogen-bond acceptors (Lipinski definition) is 6. The Bertz CT molecular complexity index is 896. The molecule has 0 aliphatic rings. The first-order valence-corrected chi connectivity index (χ1v) is 9.11. The van der Waals surface area contributed by atoms with E-state index in [0.717, 1.165) is 5.56 Å². The monoisotopic (exact) mass is 425 g/mol. The van der Waals surface area contributed by atoms with Crippen molar-refractivity contribution in [2.75, 3.05) is 24.4 Å². The molecule has 0 spiro atoms. The van der Waals surface area contributed by atoms with Crippen molar-refractivity contribution in [1.82, 2.24) is 9.55 Å². The lowest BCUT2D eigenvalue weighted by molar-refractivity contribution is -0.116. The molecule has 1 atom stereocenters. The van der Waals surface area contributed by atoms with E-state index in [2.05, 4.69) is 15.6 Å². The third-order valence-corrected chi connectivity index (χ3v) is 4.12. The number of anilines is 2. The summed E-state index contributed by atoms with van der Waals surface area (Å²) in [5, 5.41) is 5.72. The van der Waals surface area contributed by atoms with Crippen LogP contribution in [-0.4, -0.2) is 35.2 Å². The van der Waals surface area contributed by atoms with Gasteiger partial charge in [-0.3, -0.25) is 19.1 Å². The van der Waals surface area contributed by atoms with Gasteiger partial charge in [-0.15, -0.1) is 12.4 Å². The molecule has 0 saturated carbocycles. The number of carbonyl (C=O) groups is 1. The van der Waals surface area contributed by atoms with Crippen LogP contribution in [0.3, 0.4) is 0 Å². The molecule has 0 bridgehead atoms. The molecule has 2 rings (SSSR count). The molecule has 1 heterocycles. The van der Waals surface area contributed by atoms with Crippen LogP contribution in [0, 0.1) is 0 Å². The summed E-state index contributed by atoms with van der Waals surface area (Å²) in [4.78, 5) is 39.3. The van der Waals surface area contributed by atoms with Crippen LogP contribution in [-0.2, 0) is 22.6 Å². The SMILES string of the molecule is COCCn1c(NC(=O)CCC(C)N)c(NCc2ccccc2)c(=O)[nH]c1=O.Cl. The number of methoxy groups -OCH3 is 1. The Morgan fingerprint density at radius 3 is 2.59 bits per heavy atom. The first-order valence-electron chi connectivity index (χ1n) is 9.11. The van der Waals surface area contributed by atoms with Crippen LogP contribution in [0.2, 0.25) is 0 Å². The van der Waals surface area contributed by atoms with Gasteiger partial charge in [-0.2, -0.15) is 0 Å². The van der Waals surface area contributed by atoms with Gasteiger partial charge in [-0.25, -0.2) is 4.79 Å². The molecule has 5 N–H and O–H groups in total. The number of carbonyl (C=O) groups excluding carboxylic acids is 1. The van der Waals surface area contributed by atoms with Crippen LogP contribution in [0.25, 0.3) is 0 Å². The minimum Gasteiger partial charge on any atom is -0.383 e. The second-order valence-corrected chi connectivity index (χ2v) is 6.53. The van der Waals surface area contributed by atoms with Crippen molar-refractivity contribution in [3.63, 3.8) is 0 Å². The summed E-state index contributed by atoms with van der Waals surface area (Å²) >= 11 is 0. The average molecular weight is 426 g/mol. The molecule has 1 aromatic heterocycles. The highest BCUT2D eigenvalue weighted by atomic mass is 35.5. The fourth-order valence-corrected chi connectivity index (χ4v) is 2.60. The van der Waals surface area contributed by atoms with E-state index >= 15 is 0 Å². The predicted molar refractivity (Wildman–Crippen MR) is 116 cm³/mol. The molecular weight excluding hydrogens is 398 g/mol. The van der Waals surface area contributed by atoms with Gasteiger partial charge in [-0.05, 0) is 18.9 Å². The number of nitrogens with one attached hydrogen (secondary N) is 3. The zero-order chi connectivity index (χ0) is 20.5. The summed E-state index contributed by atoms with van der Waals surface area (Å²) in [6.45, 7) is 2.58. The highest BCUT2D eigenvalue weighted by Crippen LogP contribution is 2.17. The molecule has 0 aliphatic heterocycles. The molecule has 160 valence electrons. The maximum absolute atomic E-state index is 12.4. The quantitative estimate of drug-likeness (QED) is 0.453. The van der Waals surface area contributed by atoms with E-state index < -0.39 is 11.2 Å². The Hall–Kier alpha value is -2.62. The smallest absolute Gasteiger partial charge is 0.330 e. The van der Waals surface area contributed by atoms with Crippen molar-refractivity contribution in [1.29, 1.82) is 0 Å². The molecule has 1 aromatic carbocycles. The number of nitrogens with zero attached hydrogens (tertiary/aromatic N) is 1. The summed E-state index contributed by atoms with van der Waals surface area (Å²) in [6.07, 6.45) is 0.672. The first kappa shape index (κ1) is 24.4. The number of aromatic nitrogens is 2. The average Bonchev–Trinajstić information content (AvgIpc) is 2.66. The molecular formula is C19H28ClN5O4. The Morgan fingerprint density at radius 2 is 1.97 bits per heavy atom. The van der Waals surface area contributed by atoms with E-state index in [1.165, 1.54) is 11.7 Å². The lowest BCUT2D eigenvalue weighted by Crippen LogP contribution is -2.36. The highest BCUT2D eigenvalue weighted by Gasteiger charge is 2.17.